The fraction of sp³-hybridized carbons (Fsp3) is 0.571. The van der Waals surface area contributed by atoms with Gasteiger partial charge >= 0.3 is 0 Å². The first-order chi connectivity index (χ1) is 7.95. The SMILES string of the molecule is c1ccc(CCOCN2CCCCC2)cc1. The first-order valence-electron chi connectivity index (χ1n) is 6.29. The lowest BCUT2D eigenvalue weighted by Crippen LogP contribution is -2.32. The maximum Gasteiger partial charge on any atom is 0.0990 e. The van der Waals surface area contributed by atoms with Crippen LogP contribution in [0.3, 0.4) is 0 Å². The lowest BCUT2D eigenvalue weighted by molar-refractivity contribution is 0.0205. The van der Waals surface area contributed by atoms with Gasteiger partial charge in [0, 0.05) is 13.1 Å². The maximum absolute atomic E-state index is 5.70. The summed E-state index contributed by atoms with van der Waals surface area (Å²) in [4.78, 5) is 2.41. The van der Waals surface area contributed by atoms with E-state index in [2.05, 4.69) is 35.2 Å². The molecule has 1 aromatic rings. The molecule has 0 aromatic heterocycles. The van der Waals surface area contributed by atoms with Gasteiger partial charge in [-0.25, -0.2) is 0 Å². The first kappa shape index (κ1) is 11.6. The molecule has 0 spiro atoms. The molecule has 0 bridgehead atoms. The van der Waals surface area contributed by atoms with Crippen LogP contribution >= 0.6 is 0 Å². The molecule has 0 atom stereocenters. The van der Waals surface area contributed by atoms with E-state index in [0.29, 0.717) is 0 Å². The van der Waals surface area contributed by atoms with Crippen LogP contribution in [0.25, 0.3) is 0 Å². The highest BCUT2D eigenvalue weighted by molar-refractivity contribution is 5.14. The summed E-state index contributed by atoms with van der Waals surface area (Å²) in [6.45, 7) is 4.07. The number of benzene rings is 1. The molecule has 0 radical (unpaired) electrons. The van der Waals surface area contributed by atoms with Crippen LogP contribution in [-0.2, 0) is 11.2 Å². The normalized spacial score (nSPS) is 17.5. The molecule has 16 heavy (non-hydrogen) atoms. The molecule has 2 nitrogen and oxygen atoms in total. The fourth-order valence-electron chi connectivity index (χ4n) is 2.12. The molecule has 0 unspecified atom stereocenters. The Hall–Kier alpha value is -0.860. The zero-order valence-electron chi connectivity index (χ0n) is 9.90. The highest BCUT2D eigenvalue weighted by Gasteiger charge is 2.08. The smallest absolute Gasteiger partial charge is 0.0990 e. The summed E-state index contributed by atoms with van der Waals surface area (Å²) in [5, 5.41) is 0. The average Bonchev–Trinajstić information content (AvgIpc) is 2.37. The Kier molecular flexibility index (Phi) is 4.84. The van der Waals surface area contributed by atoms with Crippen LogP contribution in [-0.4, -0.2) is 31.3 Å². The molecule has 1 fully saturated rings. The average molecular weight is 219 g/mol. The summed E-state index contributed by atoms with van der Waals surface area (Å²) in [6, 6.07) is 10.5. The maximum atomic E-state index is 5.70. The Balaban J connectivity index is 1.58. The number of hydrogen-bond donors (Lipinski definition) is 0. The first-order valence-corrected chi connectivity index (χ1v) is 6.29. The van der Waals surface area contributed by atoms with Crippen molar-refractivity contribution in [3.63, 3.8) is 0 Å². The van der Waals surface area contributed by atoms with Crippen LogP contribution in [0.1, 0.15) is 24.8 Å². The summed E-state index contributed by atoms with van der Waals surface area (Å²) in [7, 11) is 0. The van der Waals surface area contributed by atoms with Crippen LogP contribution in [0.2, 0.25) is 0 Å². The summed E-state index contributed by atoms with van der Waals surface area (Å²) < 4.78 is 5.70. The Bertz CT molecular complexity index is 280. The van der Waals surface area contributed by atoms with Crippen molar-refractivity contribution in [1.29, 1.82) is 0 Å². The van der Waals surface area contributed by atoms with E-state index in [1.54, 1.807) is 0 Å². The second kappa shape index (κ2) is 6.66. The third kappa shape index (κ3) is 3.95. The van der Waals surface area contributed by atoms with E-state index in [-0.39, 0.29) is 0 Å². The number of hydrogen-bond acceptors (Lipinski definition) is 2. The molecule has 1 aromatic carbocycles. The van der Waals surface area contributed by atoms with Crippen molar-refractivity contribution in [2.45, 2.75) is 25.7 Å². The Labute approximate surface area is 98.2 Å². The molecule has 1 saturated heterocycles. The number of rotatable bonds is 5. The van der Waals surface area contributed by atoms with Crippen molar-refractivity contribution in [1.82, 2.24) is 4.90 Å². The van der Waals surface area contributed by atoms with E-state index in [4.69, 9.17) is 4.74 Å². The third-order valence-electron chi connectivity index (χ3n) is 3.10. The predicted octanol–water partition coefficient (Wildman–Crippen LogP) is 2.69. The van der Waals surface area contributed by atoms with E-state index in [1.165, 1.54) is 37.9 Å². The fourth-order valence-corrected chi connectivity index (χ4v) is 2.12. The van der Waals surface area contributed by atoms with Crippen LogP contribution in [0.5, 0.6) is 0 Å². The molecule has 0 saturated carbocycles. The van der Waals surface area contributed by atoms with Crippen LogP contribution in [0.15, 0.2) is 30.3 Å². The molecule has 1 heterocycles. The van der Waals surface area contributed by atoms with Crippen molar-refractivity contribution in [2.24, 2.45) is 0 Å². The van der Waals surface area contributed by atoms with Crippen molar-refractivity contribution in [2.75, 3.05) is 26.4 Å². The van der Waals surface area contributed by atoms with Gasteiger partial charge in [-0.05, 0) is 24.8 Å². The largest absolute Gasteiger partial charge is 0.366 e. The molecular formula is C14H21NO. The minimum atomic E-state index is 0.812. The Morgan fingerprint density at radius 1 is 1.00 bits per heavy atom. The molecule has 0 aliphatic carbocycles. The van der Waals surface area contributed by atoms with E-state index < -0.39 is 0 Å². The second-order valence-electron chi connectivity index (χ2n) is 4.45. The molecule has 1 aliphatic rings. The van der Waals surface area contributed by atoms with Crippen molar-refractivity contribution in [3.8, 4) is 0 Å². The molecule has 88 valence electrons. The minimum absolute atomic E-state index is 0.812. The lowest BCUT2D eigenvalue weighted by Gasteiger charge is -2.25. The molecule has 0 amide bonds. The van der Waals surface area contributed by atoms with Gasteiger partial charge in [0.2, 0.25) is 0 Å². The van der Waals surface area contributed by atoms with Gasteiger partial charge in [0.05, 0.1) is 13.3 Å². The van der Waals surface area contributed by atoms with Crippen molar-refractivity contribution in [3.05, 3.63) is 35.9 Å². The number of ether oxygens (including phenoxy) is 1. The molecule has 1 aliphatic heterocycles. The van der Waals surface area contributed by atoms with E-state index in [1.807, 2.05) is 0 Å². The second-order valence-corrected chi connectivity index (χ2v) is 4.45. The summed E-state index contributed by atoms with van der Waals surface area (Å²) in [5.41, 5.74) is 1.36. The van der Waals surface area contributed by atoms with Crippen LogP contribution < -0.4 is 0 Å². The van der Waals surface area contributed by atoms with Gasteiger partial charge in [0.25, 0.3) is 0 Å². The summed E-state index contributed by atoms with van der Waals surface area (Å²) in [5.74, 6) is 0. The topological polar surface area (TPSA) is 12.5 Å². The Morgan fingerprint density at radius 2 is 1.75 bits per heavy atom. The monoisotopic (exact) mass is 219 g/mol. The van der Waals surface area contributed by atoms with Gasteiger partial charge < -0.3 is 4.74 Å². The van der Waals surface area contributed by atoms with E-state index in [0.717, 1.165) is 19.8 Å². The summed E-state index contributed by atoms with van der Waals surface area (Å²) >= 11 is 0. The number of nitrogens with zero attached hydrogens (tertiary/aromatic N) is 1. The quantitative estimate of drug-likeness (QED) is 0.706. The zero-order chi connectivity index (χ0) is 11.1. The molecular weight excluding hydrogens is 198 g/mol. The van der Waals surface area contributed by atoms with Gasteiger partial charge in [-0.15, -0.1) is 0 Å². The standard InChI is InChI=1S/C14H21NO/c1-3-7-14(8-4-1)9-12-16-13-15-10-5-2-6-11-15/h1,3-4,7-8H,2,5-6,9-13H2. The number of piperidine rings is 1. The van der Waals surface area contributed by atoms with E-state index >= 15 is 0 Å². The highest BCUT2D eigenvalue weighted by Crippen LogP contribution is 2.08. The lowest BCUT2D eigenvalue weighted by atomic mass is 10.1. The van der Waals surface area contributed by atoms with Crippen molar-refractivity contribution >= 4 is 0 Å². The number of likely N-dealkylation sites (tertiary alicyclic amines) is 1. The van der Waals surface area contributed by atoms with E-state index in [9.17, 15) is 0 Å². The molecule has 2 rings (SSSR count). The summed E-state index contributed by atoms with van der Waals surface area (Å²) in [6.07, 6.45) is 5.08. The van der Waals surface area contributed by atoms with Gasteiger partial charge in [-0.3, -0.25) is 4.90 Å². The minimum Gasteiger partial charge on any atom is -0.366 e. The predicted molar refractivity (Wildman–Crippen MR) is 66.4 cm³/mol. The van der Waals surface area contributed by atoms with Gasteiger partial charge in [0.1, 0.15) is 0 Å². The van der Waals surface area contributed by atoms with Gasteiger partial charge in [-0.2, -0.15) is 0 Å². The highest BCUT2D eigenvalue weighted by atomic mass is 16.5. The third-order valence-corrected chi connectivity index (χ3v) is 3.10. The Morgan fingerprint density at radius 3 is 2.50 bits per heavy atom. The van der Waals surface area contributed by atoms with Gasteiger partial charge in [-0.1, -0.05) is 36.8 Å². The molecule has 0 N–H and O–H groups in total. The van der Waals surface area contributed by atoms with Crippen molar-refractivity contribution < 1.29 is 4.74 Å². The molecule has 2 heteroatoms. The van der Waals surface area contributed by atoms with Crippen LogP contribution in [0.4, 0.5) is 0 Å². The zero-order valence-corrected chi connectivity index (χ0v) is 9.90. The van der Waals surface area contributed by atoms with Crippen LogP contribution in [0, 0.1) is 0 Å². The van der Waals surface area contributed by atoms with Gasteiger partial charge in [0.15, 0.2) is 0 Å².